The third-order valence-corrected chi connectivity index (χ3v) is 4.75. The highest BCUT2D eigenvalue weighted by atomic mass is 32.1. The first-order valence-electron chi connectivity index (χ1n) is 7.52. The molecule has 1 atom stereocenters. The number of nitrogens with one attached hydrogen (secondary N) is 1. The van der Waals surface area contributed by atoms with Crippen LogP contribution < -0.4 is 5.32 Å². The zero-order valence-corrected chi connectivity index (χ0v) is 13.4. The van der Waals surface area contributed by atoms with Gasteiger partial charge >= 0.3 is 0 Å². The lowest BCUT2D eigenvalue weighted by Gasteiger charge is -2.07. The number of carbonyl (C=O) groups excluding carboxylic acids is 1. The maximum atomic E-state index is 12.0. The van der Waals surface area contributed by atoms with Crippen molar-refractivity contribution in [2.24, 2.45) is 0 Å². The number of carbonyl (C=O) groups is 1. The fraction of sp³-hybridized carbons (Fsp3) is 0.438. The Morgan fingerprint density at radius 2 is 2.41 bits per heavy atom. The third-order valence-electron chi connectivity index (χ3n) is 3.66. The van der Waals surface area contributed by atoms with E-state index in [4.69, 9.17) is 4.74 Å². The van der Waals surface area contributed by atoms with Crippen molar-refractivity contribution in [1.29, 1.82) is 0 Å². The summed E-state index contributed by atoms with van der Waals surface area (Å²) in [6, 6.07) is 5.78. The van der Waals surface area contributed by atoms with Gasteiger partial charge in [-0.05, 0) is 38.3 Å². The first-order valence-corrected chi connectivity index (χ1v) is 8.34. The van der Waals surface area contributed by atoms with Gasteiger partial charge in [0.25, 0.3) is 0 Å². The van der Waals surface area contributed by atoms with Gasteiger partial charge in [0.05, 0.1) is 22.4 Å². The average Bonchev–Trinajstić information content (AvgIpc) is 3.16. The van der Waals surface area contributed by atoms with Crippen LogP contribution in [0.4, 0.5) is 5.13 Å². The summed E-state index contributed by atoms with van der Waals surface area (Å²) >= 11 is 1.46. The molecule has 0 aromatic carbocycles. The summed E-state index contributed by atoms with van der Waals surface area (Å²) < 4.78 is 5.53. The van der Waals surface area contributed by atoms with Gasteiger partial charge in [0.1, 0.15) is 0 Å². The Hall–Kier alpha value is -1.79. The van der Waals surface area contributed by atoms with Crippen molar-refractivity contribution < 1.29 is 9.53 Å². The minimum atomic E-state index is -0.00294. The number of hydrogen-bond acceptors (Lipinski definition) is 5. The predicted molar refractivity (Wildman–Crippen MR) is 86.9 cm³/mol. The molecule has 2 aromatic heterocycles. The van der Waals surface area contributed by atoms with Crippen molar-refractivity contribution in [2.75, 3.05) is 11.9 Å². The Morgan fingerprint density at radius 1 is 1.50 bits per heavy atom. The van der Waals surface area contributed by atoms with E-state index in [-0.39, 0.29) is 12.0 Å². The van der Waals surface area contributed by atoms with Crippen molar-refractivity contribution in [2.45, 2.75) is 38.7 Å². The Labute approximate surface area is 133 Å². The van der Waals surface area contributed by atoms with E-state index in [1.54, 1.807) is 6.20 Å². The second-order valence-corrected chi connectivity index (χ2v) is 6.37. The molecule has 3 rings (SSSR count). The number of aryl methyl sites for hydroxylation is 1. The largest absolute Gasteiger partial charge is 0.378 e. The molecular formula is C16H19N3O2S. The molecule has 0 spiro atoms. The van der Waals surface area contributed by atoms with Crippen LogP contribution in [0.25, 0.3) is 10.6 Å². The quantitative estimate of drug-likeness (QED) is 0.918. The number of amides is 1. The molecule has 1 fully saturated rings. The summed E-state index contributed by atoms with van der Waals surface area (Å²) in [7, 11) is 0. The summed E-state index contributed by atoms with van der Waals surface area (Å²) in [6.07, 6.45) is 5.42. The smallest absolute Gasteiger partial charge is 0.226 e. The number of pyridine rings is 1. The van der Waals surface area contributed by atoms with Gasteiger partial charge in [-0.2, -0.15) is 0 Å². The zero-order chi connectivity index (χ0) is 15.4. The molecule has 1 aliphatic rings. The van der Waals surface area contributed by atoms with Gasteiger partial charge in [0.2, 0.25) is 5.91 Å². The molecule has 22 heavy (non-hydrogen) atoms. The highest BCUT2D eigenvalue weighted by Crippen LogP contribution is 2.31. The highest BCUT2D eigenvalue weighted by Gasteiger charge is 2.18. The Morgan fingerprint density at radius 3 is 3.14 bits per heavy atom. The summed E-state index contributed by atoms with van der Waals surface area (Å²) in [5.74, 6) is -0.00294. The molecule has 0 saturated carbocycles. The predicted octanol–water partition coefficient (Wildman–Crippen LogP) is 3.41. The lowest BCUT2D eigenvalue weighted by molar-refractivity contribution is -0.116. The molecule has 1 saturated heterocycles. The van der Waals surface area contributed by atoms with Gasteiger partial charge in [-0.3, -0.25) is 9.78 Å². The van der Waals surface area contributed by atoms with Gasteiger partial charge in [0, 0.05) is 19.2 Å². The van der Waals surface area contributed by atoms with Gasteiger partial charge in [-0.25, -0.2) is 4.98 Å². The van der Waals surface area contributed by atoms with Crippen LogP contribution in [-0.4, -0.2) is 28.6 Å². The fourth-order valence-electron chi connectivity index (χ4n) is 2.53. The van der Waals surface area contributed by atoms with Crippen LogP contribution in [0.1, 0.15) is 31.4 Å². The van der Waals surface area contributed by atoms with Crippen LogP contribution in [-0.2, 0) is 9.53 Å². The van der Waals surface area contributed by atoms with Crippen LogP contribution in [0, 0.1) is 6.92 Å². The first kappa shape index (κ1) is 15.1. The van der Waals surface area contributed by atoms with Gasteiger partial charge in [0.15, 0.2) is 5.13 Å². The zero-order valence-electron chi connectivity index (χ0n) is 12.5. The summed E-state index contributed by atoms with van der Waals surface area (Å²) in [5, 5.41) is 3.52. The van der Waals surface area contributed by atoms with Crippen LogP contribution in [0.3, 0.4) is 0 Å². The van der Waals surface area contributed by atoms with Crippen molar-refractivity contribution in [3.05, 3.63) is 30.1 Å². The minimum Gasteiger partial charge on any atom is -0.378 e. The number of anilines is 1. The number of aromatic nitrogens is 2. The molecule has 2 aromatic rings. The fourth-order valence-corrected chi connectivity index (χ4v) is 3.49. The topological polar surface area (TPSA) is 64.1 Å². The monoisotopic (exact) mass is 317 g/mol. The van der Waals surface area contributed by atoms with Crippen molar-refractivity contribution in [3.63, 3.8) is 0 Å². The van der Waals surface area contributed by atoms with E-state index in [1.807, 2.05) is 25.1 Å². The van der Waals surface area contributed by atoms with E-state index in [0.717, 1.165) is 42.1 Å². The first-order chi connectivity index (χ1) is 10.7. The molecule has 1 amide bonds. The third kappa shape index (κ3) is 3.69. The van der Waals surface area contributed by atoms with Crippen molar-refractivity contribution >= 4 is 22.4 Å². The number of ether oxygens (including phenoxy) is 1. The standard InChI is InChI=1S/C16H19N3O2S/c1-11-15(13-6-2-3-9-17-13)22-16(18-11)19-14(20)8-7-12-5-4-10-21-12/h2-3,6,9,12H,4-5,7-8,10H2,1H3,(H,18,19,20)/t12-/m0/s1. The second kappa shape index (κ2) is 6.98. The summed E-state index contributed by atoms with van der Waals surface area (Å²) in [4.78, 5) is 21.8. The van der Waals surface area contributed by atoms with Crippen LogP contribution in [0.5, 0.6) is 0 Å². The van der Waals surface area contributed by atoms with E-state index in [1.165, 1.54) is 11.3 Å². The van der Waals surface area contributed by atoms with E-state index in [2.05, 4.69) is 15.3 Å². The molecule has 0 aliphatic carbocycles. The lowest BCUT2D eigenvalue weighted by Crippen LogP contribution is -2.15. The summed E-state index contributed by atoms with van der Waals surface area (Å²) in [6.45, 7) is 2.76. The van der Waals surface area contributed by atoms with E-state index < -0.39 is 0 Å². The SMILES string of the molecule is Cc1nc(NC(=O)CC[C@@H]2CCCO2)sc1-c1ccccn1. The van der Waals surface area contributed by atoms with E-state index in [0.29, 0.717) is 11.6 Å². The van der Waals surface area contributed by atoms with Crippen molar-refractivity contribution in [1.82, 2.24) is 9.97 Å². The Bertz CT molecular complexity index is 636. The molecule has 3 heterocycles. The molecular weight excluding hydrogens is 298 g/mol. The maximum absolute atomic E-state index is 12.0. The molecule has 0 bridgehead atoms. The number of hydrogen-bond donors (Lipinski definition) is 1. The number of nitrogens with zero attached hydrogens (tertiary/aromatic N) is 2. The number of rotatable bonds is 5. The van der Waals surface area contributed by atoms with Gasteiger partial charge < -0.3 is 10.1 Å². The Kier molecular flexibility index (Phi) is 4.80. The molecule has 1 aliphatic heterocycles. The molecule has 6 heteroatoms. The summed E-state index contributed by atoms with van der Waals surface area (Å²) in [5.41, 5.74) is 1.77. The maximum Gasteiger partial charge on any atom is 0.226 e. The van der Waals surface area contributed by atoms with Gasteiger partial charge in [-0.1, -0.05) is 17.4 Å². The van der Waals surface area contributed by atoms with E-state index in [9.17, 15) is 4.79 Å². The molecule has 1 N–H and O–H groups in total. The van der Waals surface area contributed by atoms with Crippen LogP contribution >= 0.6 is 11.3 Å². The molecule has 5 nitrogen and oxygen atoms in total. The molecule has 0 radical (unpaired) electrons. The van der Waals surface area contributed by atoms with Crippen LogP contribution in [0.2, 0.25) is 0 Å². The highest BCUT2D eigenvalue weighted by molar-refractivity contribution is 7.19. The normalized spacial score (nSPS) is 17.6. The van der Waals surface area contributed by atoms with Gasteiger partial charge in [-0.15, -0.1) is 0 Å². The van der Waals surface area contributed by atoms with E-state index >= 15 is 0 Å². The average molecular weight is 317 g/mol. The number of thiazole rings is 1. The molecule has 0 unspecified atom stereocenters. The molecule has 116 valence electrons. The minimum absolute atomic E-state index is 0.00294. The van der Waals surface area contributed by atoms with Crippen LogP contribution in [0.15, 0.2) is 24.4 Å². The van der Waals surface area contributed by atoms with Crippen molar-refractivity contribution in [3.8, 4) is 10.6 Å². The second-order valence-electron chi connectivity index (χ2n) is 5.37. The Balaban J connectivity index is 1.59. The lowest BCUT2D eigenvalue weighted by atomic mass is 10.1.